The average molecular weight is 469 g/mol. The van der Waals surface area contributed by atoms with Gasteiger partial charge in [0.05, 0.1) is 16.9 Å². The smallest absolute Gasteiger partial charge is 0.348 e. The molecule has 0 aliphatic rings. The van der Waals surface area contributed by atoms with Gasteiger partial charge < -0.3 is 10.1 Å². The number of ether oxygens (including phenoxy) is 1. The number of thiophene rings is 1. The van der Waals surface area contributed by atoms with E-state index in [1.165, 1.54) is 29.8 Å². The molecular weight excluding hydrogens is 452 g/mol. The Morgan fingerprint density at radius 1 is 1.22 bits per heavy atom. The number of anilines is 2. The van der Waals surface area contributed by atoms with Crippen molar-refractivity contribution >= 4 is 56.3 Å². The Hall–Kier alpha value is -3.56. The van der Waals surface area contributed by atoms with Gasteiger partial charge in [0.25, 0.3) is 5.69 Å². The van der Waals surface area contributed by atoms with Gasteiger partial charge in [0.2, 0.25) is 0 Å². The minimum atomic E-state index is -0.553. The van der Waals surface area contributed by atoms with E-state index in [0.717, 1.165) is 5.56 Å². The molecule has 0 fully saturated rings. The average Bonchev–Trinajstić information content (AvgIpc) is 3.13. The van der Waals surface area contributed by atoms with Crippen LogP contribution in [0.25, 0.3) is 10.2 Å². The lowest BCUT2D eigenvalue weighted by molar-refractivity contribution is -0.384. The minimum absolute atomic E-state index is 0.0423. The number of fused-ring (bicyclic) bond motifs is 1. The number of nitro benzene ring substituents is 1. The largest absolute Gasteiger partial charge is 0.461 e. The number of nitrogens with zero attached hydrogens (tertiary/aromatic N) is 3. The fourth-order valence-corrected chi connectivity index (χ4v) is 4.43. The second-order valence-electron chi connectivity index (χ2n) is 6.88. The van der Waals surface area contributed by atoms with Crippen molar-refractivity contribution in [2.45, 2.75) is 13.3 Å². The number of carbonyl (C=O) groups is 1. The number of carbonyl (C=O) groups excluding carboxylic acids is 1. The Morgan fingerprint density at radius 2 is 2.00 bits per heavy atom. The van der Waals surface area contributed by atoms with Crippen LogP contribution in [0.15, 0.2) is 54.9 Å². The van der Waals surface area contributed by atoms with Crippen molar-refractivity contribution < 1.29 is 14.5 Å². The quantitative estimate of drug-likeness (QED) is 0.210. The van der Waals surface area contributed by atoms with Crippen LogP contribution in [-0.4, -0.2) is 27.5 Å². The molecule has 162 valence electrons. The van der Waals surface area contributed by atoms with E-state index in [2.05, 4.69) is 15.3 Å². The molecule has 1 N–H and O–H groups in total. The molecule has 2 aromatic carbocycles. The molecule has 0 saturated carbocycles. The maximum atomic E-state index is 12.7. The predicted octanol–water partition coefficient (Wildman–Crippen LogP) is 5.70. The molecule has 0 saturated heterocycles. The maximum absolute atomic E-state index is 12.7. The van der Waals surface area contributed by atoms with E-state index in [-0.39, 0.29) is 17.3 Å². The van der Waals surface area contributed by atoms with Gasteiger partial charge in [-0.05, 0) is 30.2 Å². The Balaban J connectivity index is 1.57. The first-order valence-electron chi connectivity index (χ1n) is 9.60. The van der Waals surface area contributed by atoms with Crippen molar-refractivity contribution in [1.29, 1.82) is 0 Å². The Labute approximate surface area is 192 Å². The normalized spacial score (nSPS) is 10.8. The highest BCUT2D eigenvalue weighted by atomic mass is 35.5. The Bertz CT molecular complexity index is 1310. The van der Waals surface area contributed by atoms with Crippen molar-refractivity contribution in [2.24, 2.45) is 0 Å². The third-order valence-electron chi connectivity index (χ3n) is 4.78. The summed E-state index contributed by atoms with van der Waals surface area (Å²) < 4.78 is 5.47. The minimum Gasteiger partial charge on any atom is -0.461 e. The predicted molar refractivity (Wildman–Crippen MR) is 124 cm³/mol. The van der Waals surface area contributed by atoms with Crippen LogP contribution in [0.2, 0.25) is 5.02 Å². The van der Waals surface area contributed by atoms with E-state index in [4.69, 9.17) is 16.3 Å². The van der Waals surface area contributed by atoms with Gasteiger partial charge in [0.15, 0.2) is 0 Å². The van der Waals surface area contributed by atoms with Gasteiger partial charge in [-0.15, -0.1) is 11.3 Å². The third kappa shape index (κ3) is 4.53. The lowest BCUT2D eigenvalue weighted by atomic mass is 10.2. The molecule has 0 unspecified atom stereocenters. The van der Waals surface area contributed by atoms with Crippen molar-refractivity contribution in [3.05, 3.63) is 86.0 Å². The van der Waals surface area contributed by atoms with Crippen LogP contribution in [0.3, 0.4) is 0 Å². The van der Waals surface area contributed by atoms with Crippen LogP contribution in [0.5, 0.6) is 0 Å². The first kappa shape index (κ1) is 21.7. The Kier molecular flexibility index (Phi) is 6.29. The first-order valence-corrected chi connectivity index (χ1v) is 10.8. The van der Waals surface area contributed by atoms with Crippen molar-refractivity contribution in [1.82, 2.24) is 9.97 Å². The molecule has 0 aliphatic carbocycles. The molecule has 2 aromatic heterocycles. The first-order chi connectivity index (χ1) is 15.4. The number of halogens is 1. The van der Waals surface area contributed by atoms with Gasteiger partial charge in [0.1, 0.15) is 26.9 Å². The van der Waals surface area contributed by atoms with Gasteiger partial charge in [-0.25, -0.2) is 14.8 Å². The van der Waals surface area contributed by atoms with Gasteiger partial charge >= 0.3 is 5.97 Å². The van der Waals surface area contributed by atoms with Gasteiger partial charge in [-0.1, -0.05) is 41.9 Å². The summed E-state index contributed by atoms with van der Waals surface area (Å²) in [6.45, 7) is 2.06. The summed E-state index contributed by atoms with van der Waals surface area (Å²) >= 11 is 7.11. The summed E-state index contributed by atoms with van der Waals surface area (Å²) in [5, 5.41) is 14.9. The van der Waals surface area contributed by atoms with Crippen LogP contribution in [0.4, 0.5) is 17.2 Å². The highest BCUT2D eigenvalue weighted by molar-refractivity contribution is 7.20. The molecule has 32 heavy (non-hydrogen) atoms. The van der Waals surface area contributed by atoms with Gasteiger partial charge in [-0.3, -0.25) is 10.1 Å². The molecule has 2 heterocycles. The van der Waals surface area contributed by atoms with Crippen LogP contribution in [0.1, 0.15) is 20.8 Å². The monoisotopic (exact) mass is 468 g/mol. The summed E-state index contributed by atoms with van der Waals surface area (Å²) in [5.74, 6) is 0.0122. The Morgan fingerprint density at radius 3 is 2.75 bits per heavy atom. The summed E-state index contributed by atoms with van der Waals surface area (Å²) in [5.41, 5.74) is 1.99. The maximum Gasteiger partial charge on any atom is 0.348 e. The number of aromatic nitrogens is 2. The van der Waals surface area contributed by atoms with Crippen molar-refractivity contribution in [3.63, 3.8) is 0 Å². The molecule has 0 radical (unpaired) electrons. The van der Waals surface area contributed by atoms with Crippen molar-refractivity contribution in [3.8, 4) is 0 Å². The lowest BCUT2D eigenvalue weighted by Gasteiger charge is -2.08. The SMILES string of the molecule is Cc1c(C(=O)OCCc2ccccc2)sc2ncnc(Nc3ccc(Cl)c([N+](=O)[O-])c3)c12. The fourth-order valence-electron chi connectivity index (χ4n) is 3.20. The number of benzene rings is 2. The second kappa shape index (κ2) is 9.29. The summed E-state index contributed by atoms with van der Waals surface area (Å²) in [6, 6.07) is 14.2. The van der Waals surface area contributed by atoms with E-state index >= 15 is 0 Å². The third-order valence-corrected chi connectivity index (χ3v) is 6.28. The van der Waals surface area contributed by atoms with Crippen molar-refractivity contribution in [2.75, 3.05) is 11.9 Å². The number of hydrogen-bond donors (Lipinski definition) is 1. The highest BCUT2D eigenvalue weighted by Crippen LogP contribution is 2.36. The fraction of sp³-hybridized carbons (Fsp3) is 0.136. The molecule has 0 aliphatic heterocycles. The van der Waals surface area contributed by atoms with Gasteiger partial charge in [-0.2, -0.15) is 0 Å². The molecule has 4 rings (SSSR count). The molecule has 0 amide bonds. The van der Waals surface area contributed by atoms with E-state index in [0.29, 0.717) is 38.6 Å². The number of rotatable bonds is 7. The molecule has 0 spiro atoms. The van der Waals surface area contributed by atoms with Crippen LogP contribution >= 0.6 is 22.9 Å². The standard InChI is InChI=1S/C22H17ClN4O4S/c1-13-18-20(26-15-7-8-16(23)17(11-15)27(29)30)24-12-25-21(18)32-19(13)22(28)31-10-9-14-5-3-2-4-6-14/h2-8,11-12H,9-10H2,1H3,(H,24,25,26). The van der Waals surface area contributed by atoms with Crippen LogP contribution in [-0.2, 0) is 11.2 Å². The summed E-state index contributed by atoms with van der Waals surface area (Å²) in [6.07, 6.45) is 1.99. The number of nitrogens with one attached hydrogen (secondary N) is 1. The highest BCUT2D eigenvalue weighted by Gasteiger charge is 2.21. The lowest BCUT2D eigenvalue weighted by Crippen LogP contribution is -2.07. The number of aryl methyl sites for hydroxylation is 1. The zero-order valence-electron chi connectivity index (χ0n) is 16.9. The number of nitro groups is 1. The zero-order valence-corrected chi connectivity index (χ0v) is 18.4. The summed E-state index contributed by atoms with van der Waals surface area (Å²) in [7, 11) is 0. The molecule has 8 nitrogen and oxygen atoms in total. The van der Waals surface area contributed by atoms with Crippen LogP contribution in [0, 0.1) is 17.0 Å². The van der Waals surface area contributed by atoms with Gasteiger partial charge in [0, 0.05) is 18.2 Å². The molecular formula is C22H17ClN4O4S. The molecule has 10 heteroatoms. The van der Waals surface area contributed by atoms with E-state index < -0.39 is 10.9 Å². The molecule has 0 bridgehead atoms. The zero-order chi connectivity index (χ0) is 22.7. The number of hydrogen-bond acceptors (Lipinski definition) is 8. The van der Waals surface area contributed by atoms with Crippen LogP contribution < -0.4 is 5.32 Å². The van der Waals surface area contributed by atoms with E-state index in [1.807, 2.05) is 30.3 Å². The van der Waals surface area contributed by atoms with E-state index in [1.54, 1.807) is 13.0 Å². The molecule has 0 atom stereocenters. The number of esters is 1. The topological polar surface area (TPSA) is 107 Å². The molecule has 4 aromatic rings. The van der Waals surface area contributed by atoms with E-state index in [9.17, 15) is 14.9 Å². The second-order valence-corrected chi connectivity index (χ2v) is 8.28. The summed E-state index contributed by atoms with van der Waals surface area (Å²) in [4.78, 5) is 32.9.